The highest BCUT2D eigenvalue weighted by molar-refractivity contribution is 5.40. The van der Waals surface area contributed by atoms with Crippen molar-refractivity contribution in [2.45, 2.75) is 13.0 Å². The van der Waals surface area contributed by atoms with Crippen molar-refractivity contribution in [3.05, 3.63) is 65.7 Å². The lowest BCUT2D eigenvalue weighted by Crippen LogP contribution is -1.94. The molecule has 2 aromatic carbocycles. The van der Waals surface area contributed by atoms with E-state index in [1.807, 2.05) is 60.7 Å². The van der Waals surface area contributed by atoms with Crippen LogP contribution >= 0.6 is 0 Å². The van der Waals surface area contributed by atoms with E-state index in [9.17, 15) is 0 Å². The molecule has 0 fully saturated rings. The number of hydrogen-bond donors (Lipinski definition) is 0. The summed E-state index contributed by atoms with van der Waals surface area (Å²) in [5, 5.41) is 8.43. The predicted octanol–water partition coefficient (Wildman–Crippen LogP) is 3.53. The van der Waals surface area contributed by atoms with Crippen LogP contribution in [0.25, 0.3) is 0 Å². The molecule has 0 heterocycles. The Bertz CT molecular complexity index is 630. The third-order valence-corrected chi connectivity index (χ3v) is 2.48. The maximum absolute atomic E-state index is 8.43. The molecule has 0 bridgehead atoms. The number of ether oxygens (including phenoxy) is 1. The van der Waals surface area contributed by atoms with Gasteiger partial charge in [-0.3, -0.25) is 0 Å². The molecule has 0 saturated carbocycles. The highest BCUT2D eigenvalue weighted by Crippen LogP contribution is 2.14. The van der Waals surface area contributed by atoms with Crippen molar-refractivity contribution in [1.82, 2.24) is 0 Å². The van der Waals surface area contributed by atoms with E-state index in [-0.39, 0.29) is 6.42 Å². The van der Waals surface area contributed by atoms with Gasteiger partial charge in [-0.15, -0.1) is 0 Å². The second-order valence-electron chi connectivity index (χ2n) is 3.94. The molecule has 0 unspecified atom stereocenters. The molecule has 0 saturated heterocycles. The van der Waals surface area contributed by atoms with E-state index in [1.54, 1.807) is 0 Å². The largest absolute Gasteiger partial charge is 0.489 e. The van der Waals surface area contributed by atoms with Gasteiger partial charge < -0.3 is 4.74 Å². The summed E-state index contributed by atoms with van der Waals surface area (Å²) in [6.07, 6.45) is 0.245. The van der Waals surface area contributed by atoms with Crippen molar-refractivity contribution >= 4 is 0 Å². The van der Waals surface area contributed by atoms with Crippen molar-refractivity contribution in [2.75, 3.05) is 0 Å². The fraction of sp³-hybridized carbons (Fsp3) is 0.118. The number of hydrogen-bond acceptors (Lipinski definition) is 2. The van der Waals surface area contributed by atoms with Crippen LogP contribution in [0.4, 0.5) is 0 Å². The molecule has 2 heteroatoms. The van der Waals surface area contributed by atoms with Crippen LogP contribution in [0.1, 0.15) is 17.5 Å². The first-order chi connectivity index (χ1) is 9.38. The van der Waals surface area contributed by atoms with Crippen LogP contribution in [0, 0.1) is 23.2 Å². The zero-order valence-electron chi connectivity index (χ0n) is 10.5. The fourth-order valence-corrected chi connectivity index (χ4v) is 1.59. The Morgan fingerprint density at radius 3 is 2.63 bits per heavy atom. The van der Waals surface area contributed by atoms with Crippen LogP contribution in [0.15, 0.2) is 54.6 Å². The Morgan fingerprint density at radius 2 is 1.84 bits per heavy atom. The first-order valence-electron chi connectivity index (χ1n) is 6.01. The Balaban J connectivity index is 2.00. The lowest BCUT2D eigenvalue weighted by Gasteiger charge is -2.06. The minimum absolute atomic E-state index is 0.245. The average molecular weight is 247 g/mol. The van der Waals surface area contributed by atoms with Crippen LogP contribution in [-0.2, 0) is 6.61 Å². The average Bonchev–Trinajstić information content (AvgIpc) is 2.47. The third-order valence-electron chi connectivity index (χ3n) is 2.48. The Labute approximate surface area is 113 Å². The summed E-state index contributed by atoms with van der Waals surface area (Å²) < 4.78 is 5.71. The normalized spacial score (nSPS) is 9.00. The molecule has 0 atom stereocenters. The van der Waals surface area contributed by atoms with E-state index in [4.69, 9.17) is 10.00 Å². The van der Waals surface area contributed by atoms with Crippen LogP contribution in [0.2, 0.25) is 0 Å². The van der Waals surface area contributed by atoms with Gasteiger partial charge in [-0.2, -0.15) is 5.26 Å². The summed E-state index contributed by atoms with van der Waals surface area (Å²) in [5.41, 5.74) is 1.99. The number of rotatable bonds is 3. The molecular weight excluding hydrogens is 234 g/mol. The molecule has 2 rings (SSSR count). The van der Waals surface area contributed by atoms with Gasteiger partial charge in [-0.25, -0.2) is 0 Å². The lowest BCUT2D eigenvalue weighted by molar-refractivity contribution is 0.306. The number of nitrogens with zero attached hydrogens (tertiary/aromatic N) is 1. The van der Waals surface area contributed by atoms with Crippen molar-refractivity contribution in [1.29, 1.82) is 5.26 Å². The first-order valence-corrected chi connectivity index (χ1v) is 6.01. The minimum atomic E-state index is 0.245. The van der Waals surface area contributed by atoms with Crippen LogP contribution < -0.4 is 4.74 Å². The van der Waals surface area contributed by atoms with Gasteiger partial charge in [0.2, 0.25) is 0 Å². The molecule has 0 amide bonds. The summed E-state index contributed by atoms with van der Waals surface area (Å²) in [6.45, 7) is 0.538. The van der Waals surface area contributed by atoms with Crippen LogP contribution in [0.5, 0.6) is 5.75 Å². The van der Waals surface area contributed by atoms with Gasteiger partial charge >= 0.3 is 0 Å². The van der Waals surface area contributed by atoms with E-state index in [1.165, 1.54) is 0 Å². The summed E-state index contributed by atoms with van der Waals surface area (Å²) in [5.74, 6) is 6.50. The van der Waals surface area contributed by atoms with Gasteiger partial charge in [-0.1, -0.05) is 48.2 Å². The second-order valence-corrected chi connectivity index (χ2v) is 3.94. The molecule has 19 heavy (non-hydrogen) atoms. The molecule has 0 aliphatic carbocycles. The van der Waals surface area contributed by atoms with Crippen molar-refractivity contribution < 1.29 is 4.74 Å². The maximum atomic E-state index is 8.43. The van der Waals surface area contributed by atoms with Gasteiger partial charge in [-0.05, 0) is 23.8 Å². The van der Waals surface area contributed by atoms with E-state index in [0.29, 0.717) is 6.61 Å². The molecule has 2 aromatic rings. The van der Waals surface area contributed by atoms with Gasteiger partial charge in [0.05, 0.1) is 12.5 Å². The lowest BCUT2D eigenvalue weighted by atomic mass is 10.2. The highest BCUT2D eigenvalue weighted by atomic mass is 16.5. The smallest absolute Gasteiger partial charge is 0.121 e. The Kier molecular flexibility index (Phi) is 4.62. The Morgan fingerprint density at radius 1 is 1.00 bits per heavy atom. The van der Waals surface area contributed by atoms with Gasteiger partial charge in [0.1, 0.15) is 12.4 Å². The van der Waals surface area contributed by atoms with Crippen LogP contribution in [-0.4, -0.2) is 0 Å². The third kappa shape index (κ3) is 4.22. The van der Waals surface area contributed by atoms with E-state index >= 15 is 0 Å². The molecule has 0 aliphatic heterocycles. The summed E-state index contributed by atoms with van der Waals surface area (Å²) >= 11 is 0. The van der Waals surface area contributed by atoms with Crippen molar-refractivity contribution in [3.8, 4) is 23.7 Å². The monoisotopic (exact) mass is 247 g/mol. The molecule has 0 radical (unpaired) electrons. The van der Waals surface area contributed by atoms with E-state index in [2.05, 4.69) is 11.8 Å². The van der Waals surface area contributed by atoms with Gasteiger partial charge in [0.15, 0.2) is 0 Å². The zero-order chi connectivity index (χ0) is 13.3. The molecule has 0 aromatic heterocycles. The Hall–Kier alpha value is -2.71. The van der Waals surface area contributed by atoms with Crippen molar-refractivity contribution in [2.24, 2.45) is 0 Å². The predicted molar refractivity (Wildman–Crippen MR) is 74.3 cm³/mol. The number of nitriles is 1. The molecule has 0 aliphatic rings. The van der Waals surface area contributed by atoms with Gasteiger partial charge in [0.25, 0.3) is 0 Å². The standard InChI is InChI=1S/C17H13NO/c18-12-5-4-7-15-10-6-11-17(13-15)19-14-16-8-2-1-3-9-16/h1-3,6,8-11,13H,5,14H2. The van der Waals surface area contributed by atoms with Crippen molar-refractivity contribution in [3.63, 3.8) is 0 Å². The van der Waals surface area contributed by atoms with E-state index in [0.717, 1.165) is 16.9 Å². The molecule has 0 spiro atoms. The fourth-order valence-electron chi connectivity index (χ4n) is 1.59. The summed E-state index contributed by atoms with van der Waals surface area (Å²) in [4.78, 5) is 0. The number of benzene rings is 2. The van der Waals surface area contributed by atoms with Gasteiger partial charge in [0, 0.05) is 5.56 Å². The zero-order valence-corrected chi connectivity index (χ0v) is 10.5. The maximum Gasteiger partial charge on any atom is 0.121 e. The van der Waals surface area contributed by atoms with Crippen LogP contribution in [0.3, 0.4) is 0 Å². The van der Waals surface area contributed by atoms with E-state index < -0.39 is 0 Å². The summed E-state index contributed by atoms with van der Waals surface area (Å²) in [6, 6.07) is 19.6. The topological polar surface area (TPSA) is 33.0 Å². The quantitative estimate of drug-likeness (QED) is 0.777. The summed E-state index contributed by atoms with van der Waals surface area (Å²) in [7, 11) is 0. The highest BCUT2D eigenvalue weighted by Gasteiger charge is 1.96. The molecule has 2 nitrogen and oxygen atoms in total. The second kappa shape index (κ2) is 6.89. The molecular formula is C17H13NO. The minimum Gasteiger partial charge on any atom is -0.489 e. The SMILES string of the molecule is N#CCC#Cc1cccc(OCc2ccccc2)c1. The molecule has 92 valence electrons. The first kappa shape index (κ1) is 12.7. The molecule has 0 N–H and O–H groups in total.